The molecule has 0 saturated carbocycles. The third-order valence-electron chi connectivity index (χ3n) is 8.19. The van der Waals surface area contributed by atoms with Crippen molar-refractivity contribution >= 4 is 88.0 Å². The molecule has 0 saturated heterocycles. The lowest BCUT2D eigenvalue weighted by atomic mass is 10.1. The van der Waals surface area contributed by atoms with E-state index in [1.807, 2.05) is 6.92 Å². The van der Waals surface area contributed by atoms with Gasteiger partial charge >= 0.3 is 12.4 Å². The first-order chi connectivity index (χ1) is 31.0. The summed E-state index contributed by atoms with van der Waals surface area (Å²) < 4.78 is 85.3. The van der Waals surface area contributed by atoms with Crippen molar-refractivity contribution in [2.75, 3.05) is 59.0 Å². The highest BCUT2D eigenvalue weighted by atomic mass is 32.2. The molecule has 0 aromatic heterocycles. The van der Waals surface area contributed by atoms with Crippen LogP contribution in [-0.2, 0) is 31.5 Å². The number of guanidine groups is 2. The number of halogens is 6. The number of nitrogens with two attached hydrogens (primary N) is 6. The summed E-state index contributed by atoms with van der Waals surface area (Å²) in [5, 5.41) is 9.81. The fourth-order valence-electron chi connectivity index (χ4n) is 5.26. The van der Waals surface area contributed by atoms with Crippen LogP contribution < -0.4 is 55.7 Å². The molecule has 1 atom stereocenters. The largest absolute Gasteiger partial charge is 0.416 e. The first-order valence-corrected chi connectivity index (χ1v) is 22.3. The Kier molecular flexibility index (Phi) is 26.2. The zero-order valence-corrected chi connectivity index (χ0v) is 38.5. The van der Waals surface area contributed by atoms with E-state index in [-0.39, 0.29) is 81.9 Å². The first-order valence-electron chi connectivity index (χ1n) is 20.3. The van der Waals surface area contributed by atoms with E-state index in [1.165, 1.54) is 20.1 Å². The van der Waals surface area contributed by atoms with Gasteiger partial charge in [0.25, 0.3) is 5.91 Å². The van der Waals surface area contributed by atoms with E-state index < -0.39 is 58.7 Å². The standard InChI is InChI=1S/C38H53F6N13O4S2.C3H6/c1-3-51-28(34(61)57-27-20-23(38(42,43)44)18-25(55-30(59)9-5-7-11-46)32(27)63-15-13-53-36(49)50)16-21(2)33(60)56-26-19-22(37(39,40)41)17-24(54-29(58)8-4-6-10-45)31(26)62-14-12-52-35(47)48;1-3-2/h3,16-21H,4-15,45-46H2,1-2H3,(H,54,58)(H,55,59)(H,56,60)(H,57,61)(H4,47,48,52)(H4,49,50,53);3H,1H2,2H3/b28-16-,51-3?;. The number of carbonyl (C=O) groups is 4. The highest BCUT2D eigenvalue weighted by molar-refractivity contribution is 7.99. The number of amides is 4. The third-order valence-corrected chi connectivity index (χ3v) is 10.4. The van der Waals surface area contributed by atoms with Crippen LogP contribution in [0.4, 0.5) is 49.1 Å². The summed E-state index contributed by atoms with van der Waals surface area (Å²) in [5.41, 5.74) is 28.5. The van der Waals surface area contributed by atoms with Gasteiger partial charge in [-0.05, 0) is 89.9 Å². The van der Waals surface area contributed by atoms with Crippen LogP contribution in [0.25, 0.3) is 0 Å². The number of anilines is 4. The molecule has 1 unspecified atom stereocenters. The SMILES string of the molecule is C=CC.CC=N/C(=C\C(C)C(=O)Nc1cc(C(F)(F)F)cc(NC(=O)CCCCN)c1SCCN=C(N)N)C(=O)Nc1cc(C(F)(F)F)cc(NC(=O)CCCCN)c1SCCN=C(N)N. The maximum Gasteiger partial charge on any atom is 0.416 e. The van der Waals surface area contributed by atoms with Gasteiger partial charge in [-0.25, -0.2) is 0 Å². The summed E-state index contributed by atoms with van der Waals surface area (Å²) in [5.74, 6) is -4.89. The van der Waals surface area contributed by atoms with E-state index in [0.29, 0.717) is 57.0 Å². The molecule has 366 valence electrons. The Morgan fingerprint density at radius 2 is 1.06 bits per heavy atom. The second-order valence-electron chi connectivity index (χ2n) is 13.8. The number of allylic oxidation sites excluding steroid dienone is 1. The van der Waals surface area contributed by atoms with Crippen molar-refractivity contribution in [1.29, 1.82) is 0 Å². The van der Waals surface area contributed by atoms with E-state index in [9.17, 15) is 45.5 Å². The van der Waals surface area contributed by atoms with E-state index in [4.69, 9.17) is 34.4 Å². The monoisotopic (exact) mass is 975 g/mol. The zero-order valence-electron chi connectivity index (χ0n) is 36.8. The zero-order chi connectivity index (χ0) is 50.0. The van der Waals surface area contributed by atoms with Crippen molar-refractivity contribution in [3.8, 4) is 0 Å². The van der Waals surface area contributed by atoms with Gasteiger partial charge in [-0.1, -0.05) is 6.08 Å². The molecule has 0 bridgehead atoms. The third kappa shape index (κ3) is 21.9. The van der Waals surface area contributed by atoms with Gasteiger partial charge in [0.15, 0.2) is 11.9 Å². The predicted molar refractivity (Wildman–Crippen MR) is 253 cm³/mol. The Morgan fingerprint density at radius 1 is 0.682 bits per heavy atom. The smallest absolute Gasteiger partial charge is 0.370 e. The lowest BCUT2D eigenvalue weighted by molar-refractivity contribution is -0.138. The van der Waals surface area contributed by atoms with E-state index in [1.54, 1.807) is 6.08 Å². The fraction of sp³-hybridized carbons (Fsp3) is 0.439. The lowest BCUT2D eigenvalue weighted by Gasteiger charge is -2.20. The summed E-state index contributed by atoms with van der Waals surface area (Å²) in [6.45, 7) is 8.57. The van der Waals surface area contributed by atoms with E-state index in [2.05, 4.69) is 42.8 Å². The molecule has 2 aromatic rings. The van der Waals surface area contributed by atoms with Gasteiger partial charge in [-0.3, -0.25) is 34.2 Å². The maximum atomic E-state index is 14.2. The summed E-state index contributed by atoms with van der Waals surface area (Å²) in [7, 11) is 0. The number of rotatable bonds is 24. The number of unbranched alkanes of at least 4 members (excludes halogenated alkanes) is 2. The van der Waals surface area contributed by atoms with E-state index >= 15 is 0 Å². The molecule has 66 heavy (non-hydrogen) atoms. The van der Waals surface area contributed by atoms with Crippen molar-refractivity contribution in [3.63, 3.8) is 0 Å². The molecule has 16 N–H and O–H groups in total. The molecular formula is C41H59F6N13O4S2. The second-order valence-corrected chi connectivity index (χ2v) is 16.0. The van der Waals surface area contributed by atoms with Crippen LogP contribution in [0.1, 0.15) is 70.4 Å². The number of thioether (sulfide) groups is 2. The summed E-state index contributed by atoms with van der Waals surface area (Å²) >= 11 is 1.86. The molecule has 0 aliphatic carbocycles. The van der Waals surface area contributed by atoms with Crippen molar-refractivity contribution in [2.45, 2.75) is 81.4 Å². The quantitative estimate of drug-likeness (QED) is 0.0111. The minimum atomic E-state index is -4.94. The van der Waals surface area contributed by atoms with Crippen LogP contribution in [0, 0.1) is 5.92 Å². The molecular weight excluding hydrogens is 917 g/mol. The number of carbonyl (C=O) groups excluding carboxylic acids is 4. The summed E-state index contributed by atoms with van der Waals surface area (Å²) in [6, 6.07) is 2.77. The predicted octanol–water partition coefficient (Wildman–Crippen LogP) is 5.97. The van der Waals surface area contributed by atoms with Gasteiger partial charge < -0.3 is 55.7 Å². The maximum absolute atomic E-state index is 14.2. The number of alkyl halides is 6. The first kappa shape index (κ1) is 58.2. The lowest BCUT2D eigenvalue weighted by Crippen LogP contribution is -2.23. The van der Waals surface area contributed by atoms with E-state index in [0.717, 1.165) is 35.7 Å². The Bertz CT molecular complexity index is 2070. The number of hydrogen-bond donors (Lipinski definition) is 10. The molecule has 4 amide bonds. The molecule has 0 aliphatic heterocycles. The van der Waals surface area contributed by atoms with Crippen molar-refractivity contribution in [1.82, 2.24) is 0 Å². The van der Waals surface area contributed by atoms with Gasteiger partial charge in [0.2, 0.25) is 17.7 Å². The number of nitrogens with one attached hydrogen (secondary N) is 4. The Morgan fingerprint density at radius 3 is 1.41 bits per heavy atom. The molecule has 0 fully saturated rings. The van der Waals surface area contributed by atoms with Gasteiger partial charge in [0.05, 0.1) is 62.7 Å². The minimum Gasteiger partial charge on any atom is -0.370 e. The molecule has 0 heterocycles. The summed E-state index contributed by atoms with van der Waals surface area (Å²) in [4.78, 5) is 65.0. The average Bonchev–Trinajstić information content (AvgIpc) is 3.21. The molecule has 2 aromatic carbocycles. The van der Waals surface area contributed by atoms with Crippen LogP contribution >= 0.6 is 23.5 Å². The Hall–Kier alpha value is -5.79. The van der Waals surface area contributed by atoms with Gasteiger partial charge in [-0.15, -0.1) is 30.1 Å². The highest BCUT2D eigenvalue weighted by Crippen LogP contribution is 2.43. The van der Waals surface area contributed by atoms with Crippen LogP contribution in [-0.4, -0.2) is 79.4 Å². The molecule has 0 spiro atoms. The topological polar surface area (TPSA) is 310 Å². The molecule has 2 rings (SSSR count). The Balaban J connectivity index is 0.00000705. The number of benzene rings is 2. The number of aliphatic imine (C=N–C) groups is 3. The van der Waals surface area contributed by atoms with Crippen molar-refractivity contribution in [3.05, 3.63) is 59.8 Å². The van der Waals surface area contributed by atoms with Gasteiger partial charge in [-0.2, -0.15) is 26.3 Å². The molecule has 17 nitrogen and oxygen atoms in total. The normalized spacial score (nSPS) is 12.0. The molecule has 0 aliphatic rings. The fourth-order valence-corrected chi connectivity index (χ4v) is 7.09. The average molecular weight is 976 g/mol. The van der Waals surface area contributed by atoms with Crippen molar-refractivity contribution < 1.29 is 45.5 Å². The van der Waals surface area contributed by atoms with Crippen LogP contribution in [0.3, 0.4) is 0 Å². The van der Waals surface area contributed by atoms with Gasteiger partial charge in [0.1, 0.15) is 5.70 Å². The second kappa shape index (κ2) is 29.7. The molecule has 25 heteroatoms. The summed E-state index contributed by atoms with van der Waals surface area (Å²) in [6.07, 6.45) is -4.33. The van der Waals surface area contributed by atoms with Crippen LogP contribution in [0.5, 0.6) is 0 Å². The van der Waals surface area contributed by atoms with Crippen LogP contribution in [0.15, 0.2) is 73.5 Å². The number of nitrogens with zero attached hydrogens (tertiary/aromatic N) is 3. The van der Waals surface area contributed by atoms with Crippen molar-refractivity contribution in [2.24, 2.45) is 55.3 Å². The Labute approximate surface area is 388 Å². The molecule has 0 radical (unpaired) electrons. The highest BCUT2D eigenvalue weighted by Gasteiger charge is 2.35. The van der Waals surface area contributed by atoms with Crippen LogP contribution in [0.2, 0.25) is 0 Å². The van der Waals surface area contributed by atoms with Gasteiger partial charge in [0, 0.05) is 30.6 Å². The number of hydrogen-bond acceptors (Lipinski definition) is 11. The minimum absolute atomic E-state index is 0.00816.